The summed E-state index contributed by atoms with van der Waals surface area (Å²) < 4.78 is 26.0. The normalized spacial score (nSPS) is 10.6. The Hall–Kier alpha value is -1.68. The van der Waals surface area contributed by atoms with E-state index in [0.717, 1.165) is 16.5 Å². The summed E-state index contributed by atoms with van der Waals surface area (Å²) in [4.78, 5) is 12.8. The van der Waals surface area contributed by atoms with Crippen LogP contribution in [0.1, 0.15) is 11.1 Å². The molecular formula is C16H14F2OS. The molecule has 0 atom stereocenters. The van der Waals surface area contributed by atoms with E-state index in [1.54, 1.807) is 0 Å². The van der Waals surface area contributed by atoms with E-state index in [1.165, 1.54) is 23.9 Å². The molecule has 0 amide bonds. The van der Waals surface area contributed by atoms with Gasteiger partial charge < -0.3 is 0 Å². The van der Waals surface area contributed by atoms with E-state index < -0.39 is 11.6 Å². The summed E-state index contributed by atoms with van der Waals surface area (Å²) >= 11 is 1.43. The molecule has 0 radical (unpaired) electrons. The topological polar surface area (TPSA) is 17.1 Å². The molecule has 0 bridgehead atoms. The quantitative estimate of drug-likeness (QED) is 0.769. The lowest BCUT2D eigenvalue weighted by Crippen LogP contribution is -2.06. The predicted octanol–water partition coefficient (Wildman–Crippen LogP) is 4.18. The summed E-state index contributed by atoms with van der Waals surface area (Å²) in [5, 5.41) is 0. The second-order valence-electron chi connectivity index (χ2n) is 4.59. The first-order valence-corrected chi connectivity index (χ1v) is 7.17. The van der Waals surface area contributed by atoms with Crippen LogP contribution in [0.25, 0.3) is 0 Å². The van der Waals surface area contributed by atoms with Crippen LogP contribution in [0, 0.1) is 18.6 Å². The molecule has 0 fully saturated rings. The largest absolute Gasteiger partial charge is 0.298 e. The maximum absolute atomic E-state index is 13.0. The molecule has 0 unspecified atom stereocenters. The van der Waals surface area contributed by atoms with Crippen molar-refractivity contribution in [2.24, 2.45) is 0 Å². The Morgan fingerprint density at radius 2 is 1.65 bits per heavy atom. The molecular weight excluding hydrogens is 278 g/mol. The molecule has 0 aliphatic heterocycles. The first-order valence-electron chi connectivity index (χ1n) is 6.19. The van der Waals surface area contributed by atoms with E-state index in [-0.39, 0.29) is 12.2 Å². The molecule has 104 valence electrons. The summed E-state index contributed by atoms with van der Waals surface area (Å²) in [5.74, 6) is -1.07. The van der Waals surface area contributed by atoms with Gasteiger partial charge in [0, 0.05) is 17.4 Å². The van der Waals surface area contributed by atoms with Gasteiger partial charge in [-0.05, 0) is 36.8 Å². The third-order valence-electron chi connectivity index (χ3n) is 2.74. The van der Waals surface area contributed by atoms with Crippen molar-refractivity contribution in [3.63, 3.8) is 0 Å². The van der Waals surface area contributed by atoms with Crippen molar-refractivity contribution in [1.82, 2.24) is 0 Å². The standard InChI is InChI=1S/C16H14F2OS/c1-11-2-4-16(5-3-11)20-10-15(19)8-12-6-13(17)9-14(18)7-12/h2-7,9H,8,10H2,1H3. The highest BCUT2D eigenvalue weighted by Gasteiger charge is 2.07. The van der Waals surface area contributed by atoms with Gasteiger partial charge in [-0.15, -0.1) is 11.8 Å². The molecule has 2 rings (SSSR count). The summed E-state index contributed by atoms with van der Waals surface area (Å²) in [5.41, 5.74) is 1.54. The van der Waals surface area contributed by atoms with Crippen LogP contribution in [-0.2, 0) is 11.2 Å². The Balaban J connectivity index is 1.90. The SMILES string of the molecule is Cc1ccc(SCC(=O)Cc2cc(F)cc(F)c2)cc1. The number of hydrogen-bond donors (Lipinski definition) is 0. The minimum absolute atomic E-state index is 0.0491. The number of aryl methyl sites for hydroxylation is 1. The first-order chi connectivity index (χ1) is 9.52. The lowest BCUT2D eigenvalue weighted by Gasteiger charge is -2.03. The van der Waals surface area contributed by atoms with Crippen molar-refractivity contribution in [3.8, 4) is 0 Å². The predicted molar refractivity (Wildman–Crippen MR) is 77.0 cm³/mol. The van der Waals surface area contributed by atoms with E-state index in [0.29, 0.717) is 11.3 Å². The number of ketones is 1. The summed E-state index contributed by atoms with van der Waals surface area (Å²) in [7, 11) is 0. The minimum atomic E-state index is -0.654. The highest BCUT2D eigenvalue weighted by molar-refractivity contribution is 8.00. The lowest BCUT2D eigenvalue weighted by molar-refractivity contribution is -0.116. The molecule has 0 saturated heterocycles. The Bertz CT molecular complexity index is 588. The highest BCUT2D eigenvalue weighted by atomic mass is 32.2. The monoisotopic (exact) mass is 292 g/mol. The van der Waals surface area contributed by atoms with Gasteiger partial charge in [-0.1, -0.05) is 17.7 Å². The van der Waals surface area contributed by atoms with Crippen molar-refractivity contribution < 1.29 is 13.6 Å². The number of carbonyl (C=O) groups excluding carboxylic acids is 1. The Morgan fingerprint density at radius 3 is 2.25 bits per heavy atom. The summed E-state index contributed by atoms with van der Waals surface area (Å²) in [6.07, 6.45) is 0.0491. The Labute approximate surface area is 121 Å². The highest BCUT2D eigenvalue weighted by Crippen LogP contribution is 2.19. The van der Waals surface area contributed by atoms with Gasteiger partial charge in [-0.3, -0.25) is 4.79 Å². The molecule has 0 heterocycles. The molecule has 0 aromatic heterocycles. The van der Waals surface area contributed by atoms with Crippen LogP contribution in [0.15, 0.2) is 47.4 Å². The second-order valence-corrected chi connectivity index (χ2v) is 5.64. The number of thioether (sulfide) groups is 1. The fraction of sp³-hybridized carbons (Fsp3) is 0.188. The van der Waals surface area contributed by atoms with E-state index in [2.05, 4.69) is 0 Å². The lowest BCUT2D eigenvalue weighted by atomic mass is 10.1. The van der Waals surface area contributed by atoms with Crippen molar-refractivity contribution in [1.29, 1.82) is 0 Å². The number of halogens is 2. The van der Waals surface area contributed by atoms with E-state index >= 15 is 0 Å². The summed E-state index contributed by atoms with van der Waals surface area (Å²) in [6, 6.07) is 11.1. The molecule has 0 N–H and O–H groups in total. The maximum Gasteiger partial charge on any atom is 0.147 e. The molecule has 1 nitrogen and oxygen atoms in total. The van der Waals surface area contributed by atoms with Crippen LogP contribution in [-0.4, -0.2) is 11.5 Å². The van der Waals surface area contributed by atoms with Crippen LogP contribution in [0.5, 0.6) is 0 Å². The van der Waals surface area contributed by atoms with Gasteiger partial charge in [-0.2, -0.15) is 0 Å². The van der Waals surface area contributed by atoms with Crippen LogP contribution in [0.3, 0.4) is 0 Å². The number of rotatable bonds is 5. The zero-order valence-electron chi connectivity index (χ0n) is 11.0. The molecule has 0 aliphatic rings. The van der Waals surface area contributed by atoms with Crippen LogP contribution < -0.4 is 0 Å². The van der Waals surface area contributed by atoms with E-state index in [1.807, 2.05) is 31.2 Å². The average Bonchev–Trinajstić information content (AvgIpc) is 2.37. The molecule has 2 aromatic rings. The number of Topliss-reactive ketones (excluding diaryl/α,β-unsaturated/α-hetero) is 1. The zero-order valence-corrected chi connectivity index (χ0v) is 11.8. The zero-order chi connectivity index (χ0) is 14.5. The smallest absolute Gasteiger partial charge is 0.147 e. The molecule has 4 heteroatoms. The maximum atomic E-state index is 13.0. The average molecular weight is 292 g/mol. The fourth-order valence-electron chi connectivity index (χ4n) is 1.79. The number of hydrogen-bond acceptors (Lipinski definition) is 2. The third-order valence-corrected chi connectivity index (χ3v) is 3.82. The van der Waals surface area contributed by atoms with Crippen LogP contribution in [0.2, 0.25) is 0 Å². The van der Waals surface area contributed by atoms with E-state index in [9.17, 15) is 13.6 Å². The fourth-order valence-corrected chi connectivity index (χ4v) is 2.55. The van der Waals surface area contributed by atoms with Crippen molar-refractivity contribution in [2.75, 3.05) is 5.75 Å². The molecule has 0 saturated carbocycles. The third kappa shape index (κ3) is 4.46. The van der Waals surface area contributed by atoms with E-state index in [4.69, 9.17) is 0 Å². The molecule has 20 heavy (non-hydrogen) atoms. The van der Waals surface area contributed by atoms with Gasteiger partial charge >= 0.3 is 0 Å². The van der Waals surface area contributed by atoms with Crippen molar-refractivity contribution >= 4 is 17.5 Å². The van der Waals surface area contributed by atoms with Gasteiger partial charge in [-0.25, -0.2) is 8.78 Å². The Kier molecular flexibility index (Phi) is 4.90. The van der Waals surface area contributed by atoms with Gasteiger partial charge in [0.2, 0.25) is 0 Å². The number of carbonyl (C=O) groups is 1. The second kappa shape index (κ2) is 6.66. The van der Waals surface area contributed by atoms with Crippen molar-refractivity contribution in [3.05, 3.63) is 65.2 Å². The Morgan fingerprint density at radius 1 is 1.05 bits per heavy atom. The van der Waals surface area contributed by atoms with Gasteiger partial charge in [0.25, 0.3) is 0 Å². The minimum Gasteiger partial charge on any atom is -0.298 e. The van der Waals surface area contributed by atoms with Gasteiger partial charge in [0.1, 0.15) is 17.4 Å². The van der Waals surface area contributed by atoms with Gasteiger partial charge in [0.15, 0.2) is 0 Å². The van der Waals surface area contributed by atoms with Gasteiger partial charge in [0.05, 0.1) is 5.75 Å². The number of benzene rings is 2. The molecule has 0 spiro atoms. The molecule has 0 aliphatic carbocycles. The first kappa shape index (κ1) is 14.7. The van der Waals surface area contributed by atoms with Crippen LogP contribution in [0.4, 0.5) is 8.78 Å². The molecule has 2 aromatic carbocycles. The van der Waals surface area contributed by atoms with Crippen molar-refractivity contribution in [2.45, 2.75) is 18.2 Å². The summed E-state index contributed by atoms with van der Waals surface area (Å²) in [6.45, 7) is 2.00. The van der Waals surface area contributed by atoms with Crippen LogP contribution >= 0.6 is 11.8 Å².